The highest BCUT2D eigenvalue weighted by atomic mass is 35.5. The van der Waals surface area contributed by atoms with Gasteiger partial charge in [-0.2, -0.15) is 0 Å². The monoisotopic (exact) mass is 251 g/mol. The summed E-state index contributed by atoms with van der Waals surface area (Å²) in [4.78, 5) is 0. The second kappa shape index (κ2) is 4.77. The summed E-state index contributed by atoms with van der Waals surface area (Å²) in [5.41, 5.74) is 0.827. The summed E-state index contributed by atoms with van der Waals surface area (Å²) in [5.74, 6) is 1.35. The van der Waals surface area contributed by atoms with Crippen LogP contribution in [0.4, 0.5) is 0 Å². The highest BCUT2D eigenvalue weighted by molar-refractivity contribution is 6.42. The third kappa shape index (κ3) is 2.49. The van der Waals surface area contributed by atoms with Crippen molar-refractivity contribution in [3.63, 3.8) is 0 Å². The molecule has 1 radical (unpaired) electrons. The van der Waals surface area contributed by atoms with Crippen LogP contribution < -0.4 is 4.74 Å². The van der Waals surface area contributed by atoms with Gasteiger partial charge in [0.2, 0.25) is 0 Å². The average Bonchev–Trinajstić information content (AvgIpc) is 2.27. The van der Waals surface area contributed by atoms with Gasteiger partial charge in [-0.15, -0.1) is 0 Å². The molecule has 0 saturated carbocycles. The third-order valence-corrected chi connectivity index (χ3v) is 2.83. The van der Waals surface area contributed by atoms with Crippen LogP contribution in [-0.4, -0.2) is 0 Å². The topological polar surface area (TPSA) is 9.23 Å². The fourth-order valence-corrected chi connectivity index (χ4v) is 1.56. The zero-order valence-electron chi connectivity index (χ0n) is 8.41. The first-order chi connectivity index (χ1) is 7.66. The summed E-state index contributed by atoms with van der Waals surface area (Å²) in [6, 6.07) is 12.7. The van der Waals surface area contributed by atoms with Crippen LogP contribution in [0.25, 0.3) is 0 Å². The van der Waals surface area contributed by atoms with E-state index in [0.717, 1.165) is 5.56 Å². The summed E-state index contributed by atoms with van der Waals surface area (Å²) < 4.78 is 5.64. The molecule has 1 nitrogen and oxygen atoms in total. The zero-order valence-corrected chi connectivity index (χ0v) is 9.92. The Bertz CT molecular complexity index is 509. The quantitative estimate of drug-likeness (QED) is 0.733. The van der Waals surface area contributed by atoms with E-state index in [1.54, 1.807) is 18.2 Å². The van der Waals surface area contributed by atoms with E-state index in [9.17, 15) is 0 Å². The van der Waals surface area contributed by atoms with Gasteiger partial charge in [-0.3, -0.25) is 0 Å². The minimum Gasteiger partial charge on any atom is -0.457 e. The molecule has 0 spiro atoms. The first-order valence-corrected chi connectivity index (χ1v) is 5.46. The SMILES string of the molecule is [CH2]c1ccccc1Oc1ccc(Cl)c(Cl)c1. The molecule has 81 valence electrons. The molecule has 2 rings (SSSR count). The van der Waals surface area contributed by atoms with Crippen molar-refractivity contribution in [1.82, 2.24) is 0 Å². The van der Waals surface area contributed by atoms with Crippen molar-refractivity contribution in [2.24, 2.45) is 0 Å². The highest BCUT2D eigenvalue weighted by Crippen LogP contribution is 2.30. The molecule has 0 bridgehead atoms. The van der Waals surface area contributed by atoms with E-state index in [1.807, 2.05) is 24.3 Å². The number of rotatable bonds is 2. The molecule has 0 N–H and O–H groups in total. The Morgan fingerprint density at radius 1 is 0.938 bits per heavy atom. The highest BCUT2D eigenvalue weighted by Gasteiger charge is 2.03. The number of benzene rings is 2. The predicted molar refractivity (Wildman–Crippen MR) is 67.4 cm³/mol. The van der Waals surface area contributed by atoms with Crippen molar-refractivity contribution < 1.29 is 4.74 Å². The average molecular weight is 252 g/mol. The van der Waals surface area contributed by atoms with Crippen LogP contribution in [0.1, 0.15) is 5.56 Å². The first kappa shape index (κ1) is 11.3. The van der Waals surface area contributed by atoms with Crippen LogP contribution in [0.5, 0.6) is 11.5 Å². The van der Waals surface area contributed by atoms with Crippen LogP contribution >= 0.6 is 23.2 Å². The molecule has 0 atom stereocenters. The van der Waals surface area contributed by atoms with Crippen molar-refractivity contribution >= 4 is 23.2 Å². The van der Waals surface area contributed by atoms with E-state index in [2.05, 4.69) is 6.92 Å². The molecule has 2 aromatic rings. The Morgan fingerprint density at radius 3 is 2.38 bits per heavy atom. The van der Waals surface area contributed by atoms with Crippen LogP contribution in [0.2, 0.25) is 10.0 Å². The molecular weight excluding hydrogens is 243 g/mol. The van der Waals surface area contributed by atoms with Gasteiger partial charge in [0.05, 0.1) is 10.0 Å². The molecule has 3 heteroatoms. The van der Waals surface area contributed by atoms with Crippen molar-refractivity contribution in [3.8, 4) is 11.5 Å². The lowest BCUT2D eigenvalue weighted by atomic mass is 10.2. The van der Waals surface area contributed by atoms with Crippen LogP contribution in [-0.2, 0) is 0 Å². The van der Waals surface area contributed by atoms with Gasteiger partial charge in [0.1, 0.15) is 11.5 Å². The minimum atomic E-state index is 0.473. The van der Waals surface area contributed by atoms with Gasteiger partial charge in [0.25, 0.3) is 0 Å². The lowest BCUT2D eigenvalue weighted by Crippen LogP contribution is -1.86. The predicted octanol–water partition coefficient (Wildman–Crippen LogP) is 4.97. The van der Waals surface area contributed by atoms with E-state index < -0.39 is 0 Å². The summed E-state index contributed by atoms with van der Waals surface area (Å²) in [6.45, 7) is 3.87. The molecule has 0 saturated heterocycles. The maximum Gasteiger partial charge on any atom is 0.130 e. The number of hydrogen-bond donors (Lipinski definition) is 0. The van der Waals surface area contributed by atoms with Crippen molar-refractivity contribution in [2.75, 3.05) is 0 Å². The van der Waals surface area contributed by atoms with E-state index in [0.29, 0.717) is 21.5 Å². The van der Waals surface area contributed by atoms with Gasteiger partial charge in [0, 0.05) is 6.07 Å². The Labute approximate surface area is 105 Å². The summed E-state index contributed by atoms with van der Waals surface area (Å²) >= 11 is 11.7. The van der Waals surface area contributed by atoms with Crippen LogP contribution in [0.15, 0.2) is 42.5 Å². The molecule has 0 aliphatic heterocycles. The van der Waals surface area contributed by atoms with E-state index in [-0.39, 0.29) is 0 Å². The fourth-order valence-electron chi connectivity index (χ4n) is 1.27. The minimum absolute atomic E-state index is 0.473. The zero-order chi connectivity index (χ0) is 11.5. The molecule has 0 aliphatic rings. The molecule has 0 aromatic heterocycles. The van der Waals surface area contributed by atoms with Crippen molar-refractivity contribution in [3.05, 3.63) is 65.0 Å². The Hall–Kier alpha value is -1.18. The lowest BCUT2D eigenvalue weighted by molar-refractivity contribution is 0.480. The van der Waals surface area contributed by atoms with Gasteiger partial charge < -0.3 is 4.74 Å². The van der Waals surface area contributed by atoms with Crippen LogP contribution in [0.3, 0.4) is 0 Å². The molecule has 0 heterocycles. The number of ether oxygens (including phenoxy) is 1. The standard InChI is InChI=1S/C13H9Cl2O/c1-9-4-2-3-5-13(9)16-10-6-7-11(14)12(15)8-10/h2-8H,1H2. The fraction of sp³-hybridized carbons (Fsp3) is 0. The molecule has 0 fully saturated rings. The second-order valence-corrected chi connectivity index (χ2v) is 4.10. The lowest BCUT2D eigenvalue weighted by Gasteiger charge is -2.08. The Balaban J connectivity index is 2.28. The maximum atomic E-state index is 5.89. The molecule has 0 unspecified atom stereocenters. The van der Waals surface area contributed by atoms with Gasteiger partial charge in [-0.05, 0) is 30.7 Å². The molecule has 0 amide bonds. The number of hydrogen-bond acceptors (Lipinski definition) is 1. The van der Waals surface area contributed by atoms with Gasteiger partial charge in [-0.1, -0.05) is 41.4 Å². The molecule has 16 heavy (non-hydrogen) atoms. The molecular formula is C13H9Cl2O. The van der Waals surface area contributed by atoms with Crippen molar-refractivity contribution in [1.29, 1.82) is 0 Å². The van der Waals surface area contributed by atoms with Gasteiger partial charge in [0.15, 0.2) is 0 Å². The molecule has 2 aromatic carbocycles. The summed E-state index contributed by atoms with van der Waals surface area (Å²) in [6.07, 6.45) is 0. The van der Waals surface area contributed by atoms with Crippen molar-refractivity contribution in [2.45, 2.75) is 0 Å². The third-order valence-electron chi connectivity index (χ3n) is 2.09. The maximum absolute atomic E-state index is 5.89. The second-order valence-electron chi connectivity index (χ2n) is 3.29. The first-order valence-electron chi connectivity index (χ1n) is 4.71. The number of para-hydroxylation sites is 1. The van der Waals surface area contributed by atoms with Gasteiger partial charge in [-0.25, -0.2) is 0 Å². The van der Waals surface area contributed by atoms with Gasteiger partial charge >= 0.3 is 0 Å². The molecule has 0 aliphatic carbocycles. The van der Waals surface area contributed by atoms with E-state index >= 15 is 0 Å². The normalized spacial score (nSPS) is 10.2. The summed E-state index contributed by atoms with van der Waals surface area (Å²) in [5, 5.41) is 0.984. The smallest absolute Gasteiger partial charge is 0.130 e. The van der Waals surface area contributed by atoms with Crippen LogP contribution in [0, 0.1) is 6.92 Å². The Morgan fingerprint density at radius 2 is 1.69 bits per heavy atom. The summed E-state index contributed by atoms with van der Waals surface area (Å²) in [7, 11) is 0. The largest absolute Gasteiger partial charge is 0.457 e. The van der Waals surface area contributed by atoms with E-state index in [4.69, 9.17) is 27.9 Å². The number of halogens is 2. The van der Waals surface area contributed by atoms with E-state index in [1.165, 1.54) is 0 Å². The Kier molecular flexibility index (Phi) is 3.37.